The van der Waals surface area contributed by atoms with Crippen LogP contribution in [0.5, 0.6) is 5.75 Å². The fourth-order valence-electron chi connectivity index (χ4n) is 3.13. The molecule has 3 aromatic heterocycles. The lowest BCUT2D eigenvalue weighted by atomic mass is 10.1. The molecule has 0 atom stereocenters. The van der Waals surface area contributed by atoms with Crippen LogP contribution in [0.25, 0.3) is 22.3 Å². The number of nitrogens with two attached hydrogens (primary N) is 1. The molecule has 9 nitrogen and oxygen atoms in total. The number of benzene rings is 1. The van der Waals surface area contributed by atoms with E-state index in [9.17, 15) is 4.39 Å². The summed E-state index contributed by atoms with van der Waals surface area (Å²) in [6, 6.07) is 5.05. The molecule has 4 rings (SSSR count). The van der Waals surface area contributed by atoms with E-state index in [1.807, 2.05) is 10.7 Å². The number of nitrogens with zero attached hydrogens (tertiary/aromatic N) is 7. The summed E-state index contributed by atoms with van der Waals surface area (Å²) in [4.78, 5) is 8.42. The Hall–Kier alpha value is -3.56. The summed E-state index contributed by atoms with van der Waals surface area (Å²) in [6.07, 6.45) is 3.52. The quantitative estimate of drug-likeness (QED) is 0.564. The molecular weight excluding hydrogens is 363 g/mol. The van der Waals surface area contributed by atoms with Crippen molar-refractivity contribution in [1.82, 2.24) is 34.7 Å². The molecule has 3 heterocycles. The van der Waals surface area contributed by atoms with E-state index < -0.39 is 5.82 Å². The highest BCUT2D eigenvalue weighted by molar-refractivity contribution is 5.95. The van der Waals surface area contributed by atoms with E-state index in [4.69, 9.17) is 10.5 Å². The highest BCUT2D eigenvalue weighted by Gasteiger charge is 2.18. The first kappa shape index (κ1) is 17.8. The number of hydrogen-bond donors (Lipinski definition) is 1. The van der Waals surface area contributed by atoms with Crippen molar-refractivity contribution in [3.8, 4) is 17.1 Å². The van der Waals surface area contributed by atoms with E-state index in [-0.39, 0.29) is 23.3 Å². The van der Waals surface area contributed by atoms with Crippen LogP contribution in [0.2, 0.25) is 0 Å². The molecule has 0 saturated heterocycles. The second-order valence-corrected chi connectivity index (χ2v) is 6.57. The van der Waals surface area contributed by atoms with Crippen LogP contribution in [0.4, 0.5) is 10.3 Å². The highest BCUT2D eigenvalue weighted by atomic mass is 19.1. The molecule has 4 aromatic rings. The van der Waals surface area contributed by atoms with Crippen molar-refractivity contribution < 1.29 is 9.13 Å². The van der Waals surface area contributed by atoms with Crippen molar-refractivity contribution in [1.29, 1.82) is 0 Å². The van der Waals surface area contributed by atoms with Crippen LogP contribution in [-0.2, 0) is 6.54 Å². The second kappa shape index (κ2) is 6.87. The highest BCUT2D eigenvalue weighted by Crippen LogP contribution is 2.32. The van der Waals surface area contributed by atoms with Gasteiger partial charge in [0.2, 0.25) is 5.95 Å². The summed E-state index contributed by atoms with van der Waals surface area (Å²) >= 11 is 0. The predicted molar refractivity (Wildman–Crippen MR) is 101 cm³/mol. The second-order valence-electron chi connectivity index (χ2n) is 6.57. The lowest BCUT2D eigenvalue weighted by Gasteiger charge is -2.10. The molecule has 0 aliphatic heterocycles. The van der Waals surface area contributed by atoms with Crippen molar-refractivity contribution in [2.45, 2.75) is 26.4 Å². The van der Waals surface area contributed by atoms with Crippen LogP contribution in [0.1, 0.15) is 25.6 Å². The third-order valence-corrected chi connectivity index (χ3v) is 4.34. The van der Waals surface area contributed by atoms with Gasteiger partial charge in [-0.3, -0.25) is 4.68 Å². The van der Waals surface area contributed by atoms with Gasteiger partial charge in [0.25, 0.3) is 0 Å². The first-order valence-corrected chi connectivity index (χ1v) is 8.70. The summed E-state index contributed by atoms with van der Waals surface area (Å²) in [6.45, 7) is 4.62. The van der Waals surface area contributed by atoms with Gasteiger partial charge >= 0.3 is 0 Å². The molecule has 0 fully saturated rings. The van der Waals surface area contributed by atoms with Crippen molar-refractivity contribution in [3.63, 3.8) is 0 Å². The number of fused-ring (bicyclic) bond motifs is 1. The molecule has 0 aliphatic rings. The molecule has 1 aromatic carbocycles. The average Bonchev–Trinajstić information content (AvgIpc) is 3.31. The Bertz CT molecular complexity index is 1150. The zero-order valence-electron chi connectivity index (χ0n) is 15.7. The van der Waals surface area contributed by atoms with E-state index in [2.05, 4.69) is 39.2 Å². The minimum Gasteiger partial charge on any atom is -0.491 e. The van der Waals surface area contributed by atoms with Gasteiger partial charge in [-0.15, -0.1) is 5.10 Å². The lowest BCUT2D eigenvalue weighted by molar-refractivity contribution is 0.391. The zero-order valence-corrected chi connectivity index (χ0v) is 15.7. The molecule has 0 aliphatic carbocycles. The summed E-state index contributed by atoms with van der Waals surface area (Å²) in [7, 11) is 1.38. The number of ether oxygens (including phenoxy) is 1. The van der Waals surface area contributed by atoms with Gasteiger partial charge in [0.1, 0.15) is 16.9 Å². The lowest BCUT2D eigenvalue weighted by Crippen LogP contribution is -2.11. The molecule has 0 amide bonds. The van der Waals surface area contributed by atoms with Gasteiger partial charge in [-0.2, -0.15) is 5.10 Å². The van der Waals surface area contributed by atoms with E-state index in [1.165, 1.54) is 13.2 Å². The van der Waals surface area contributed by atoms with Crippen molar-refractivity contribution in [3.05, 3.63) is 42.1 Å². The molecular formula is C18H19FN8O. The Balaban J connectivity index is 1.76. The Kier molecular flexibility index (Phi) is 4.38. The maximum atomic E-state index is 14.0. The summed E-state index contributed by atoms with van der Waals surface area (Å²) in [5.41, 5.74) is 8.10. The number of halogens is 1. The van der Waals surface area contributed by atoms with Crippen LogP contribution in [0, 0.1) is 5.82 Å². The Morgan fingerprint density at radius 1 is 1.21 bits per heavy atom. The number of aromatic nitrogens is 7. The van der Waals surface area contributed by atoms with Gasteiger partial charge in [0, 0.05) is 17.6 Å². The van der Waals surface area contributed by atoms with Crippen LogP contribution < -0.4 is 10.5 Å². The number of rotatable bonds is 5. The summed E-state index contributed by atoms with van der Waals surface area (Å²) in [5, 5.41) is 13.3. The molecule has 2 N–H and O–H groups in total. The standard InChI is InChI=1S/C18H19FN8O/c1-10(2)27-11(6-7-21-27)8-26-9-14(24-25-26)15-12-4-5-13(19)17(28-3)16(12)23-18(20)22-15/h4-7,9-10H,8H2,1-3H3,(H2,20,22,23). The number of nitrogen functional groups attached to an aromatic ring is 1. The minimum absolute atomic E-state index is 0.00108. The predicted octanol–water partition coefficient (Wildman–Crippen LogP) is 2.44. The van der Waals surface area contributed by atoms with E-state index >= 15 is 0 Å². The van der Waals surface area contributed by atoms with Crippen LogP contribution in [0.3, 0.4) is 0 Å². The smallest absolute Gasteiger partial charge is 0.221 e. The van der Waals surface area contributed by atoms with Gasteiger partial charge in [0.15, 0.2) is 11.6 Å². The van der Waals surface area contributed by atoms with Gasteiger partial charge in [-0.1, -0.05) is 5.21 Å². The molecule has 28 heavy (non-hydrogen) atoms. The van der Waals surface area contributed by atoms with Crippen molar-refractivity contribution >= 4 is 16.9 Å². The van der Waals surface area contributed by atoms with Gasteiger partial charge < -0.3 is 10.5 Å². The molecule has 0 spiro atoms. The fourth-order valence-corrected chi connectivity index (χ4v) is 3.13. The first-order valence-electron chi connectivity index (χ1n) is 8.70. The van der Waals surface area contributed by atoms with E-state index in [0.717, 1.165) is 5.69 Å². The maximum absolute atomic E-state index is 14.0. The fraction of sp³-hybridized carbons (Fsp3) is 0.278. The van der Waals surface area contributed by atoms with E-state index in [0.29, 0.717) is 23.3 Å². The van der Waals surface area contributed by atoms with E-state index in [1.54, 1.807) is 23.1 Å². The van der Waals surface area contributed by atoms with Gasteiger partial charge in [-0.25, -0.2) is 19.0 Å². The molecule has 0 saturated carbocycles. The Labute approximate surface area is 160 Å². The number of methoxy groups -OCH3 is 1. The zero-order chi connectivity index (χ0) is 19.8. The third-order valence-electron chi connectivity index (χ3n) is 4.34. The molecule has 0 radical (unpaired) electrons. The normalized spacial score (nSPS) is 11.5. The molecule has 0 unspecified atom stereocenters. The topological polar surface area (TPSA) is 110 Å². The molecule has 144 valence electrons. The van der Waals surface area contributed by atoms with Crippen LogP contribution in [-0.4, -0.2) is 41.9 Å². The van der Waals surface area contributed by atoms with Crippen molar-refractivity contribution in [2.24, 2.45) is 0 Å². The third kappa shape index (κ3) is 3.02. The number of anilines is 1. The maximum Gasteiger partial charge on any atom is 0.221 e. The van der Waals surface area contributed by atoms with Crippen molar-refractivity contribution in [2.75, 3.05) is 12.8 Å². The summed E-state index contributed by atoms with van der Waals surface area (Å²) in [5.74, 6) is -0.510. The number of hydrogen-bond acceptors (Lipinski definition) is 7. The molecule has 10 heteroatoms. The van der Waals surface area contributed by atoms with Crippen LogP contribution in [0.15, 0.2) is 30.6 Å². The SMILES string of the molecule is COc1c(F)ccc2c(-c3cn(Cc4ccnn4C(C)C)nn3)nc(N)nc12. The van der Waals surface area contributed by atoms with Gasteiger partial charge in [0.05, 0.1) is 25.5 Å². The minimum atomic E-state index is -0.523. The van der Waals surface area contributed by atoms with Crippen LogP contribution >= 0.6 is 0 Å². The largest absolute Gasteiger partial charge is 0.491 e. The van der Waals surface area contributed by atoms with Gasteiger partial charge in [-0.05, 0) is 32.0 Å². The Morgan fingerprint density at radius 2 is 2.04 bits per heavy atom. The average molecular weight is 382 g/mol. The molecule has 0 bridgehead atoms. The summed E-state index contributed by atoms with van der Waals surface area (Å²) < 4.78 is 22.8. The Morgan fingerprint density at radius 3 is 2.79 bits per heavy atom. The first-order chi connectivity index (χ1) is 13.5. The monoisotopic (exact) mass is 382 g/mol.